The molecule has 1 atom stereocenters. The number of nitrogens with zero attached hydrogens (tertiary/aromatic N) is 2. The Morgan fingerprint density at radius 3 is 2.23 bits per heavy atom. The Bertz CT molecular complexity index is 819. The lowest BCUT2D eigenvalue weighted by atomic mass is 9.90. The summed E-state index contributed by atoms with van der Waals surface area (Å²) in [5, 5.41) is 10.7. The van der Waals surface area contributed by atoms with E-state index in [1.807, 2.05) is 60.7 Å². The van der Waals surface area contributed by atoms with E-state index in [-0.39, 0.29) is 18.0 Å². The standard InChI is InChI=1S/C20H19N3O3/c24-18(21-20-23-22-19(26-20)16-12-7-13-25-16)17(14-8-3-1-4-9-14)15-10-5-2-6-11-15/h1-6,8-11,16-17H,7,12-13H2,(H,21,23,24). The third-order valence-electron chi connectivity index (χ3n) is 4.40. The van der Waals surface area contributed by atoms with Crippen molar-refractivity contribution in [1.82, 2.24) is 10.2 Å². The predicted molar refractivity (Wildman–Crippen MR) is 95.6 cm³/mol. The highest BCUT2D eigenvalue weighted by Gasteiger charge is 2.27. The van der Waals surface area contributed by atoms with E-state index in [4.69, 9.17) is 9.15 Å². The van der Waals surface area contributed by atoms with Crippen LogP contribution in [-0.2, 0) is 9.53 Å². The fourth-order valence-corrected chi connectivity index (χ4v) is 3.15. The number of hydrogen-bond donors (Lipinski definition) is 1. The van der Waals surface area contributed by atoms with Gasteiger partial charge < -0.3 is 9.15 Å². The molecule has 2 heterocycles. The zero-order chi connectivity index (χ0) is 17.8. The van der Waals surface area contributed by atoms with Crippen molar-refractivity contribution in [3.63, 3.8) is 0 Å². The van der Waals surface area contributed by atoms with Gasteiger partial charge in [-0.1, -0.05) is 65.8 Å². The Hall–Kier alpha value is -2.99. The Morgan fingerprint density at radius 2 is 1.65 bits per heavy atom. The summed E-state index contributed by atoms with van der Waals surface area (Å²) in [6.07, 6.45) is 1.65. The number of carbonyl (C=O) groups excluding carboxylic acids is 1. The normalized spacial score (nSPS) is 16.7. The summed E-state index contributed by atoms with van der Waals surface area (Å²) in [6, 6.07) is 19.4. The molecule has 6 heteroatoms. The average Bonchev–Trinajstić information content (AvgIpc) is 3.35. The SMILES string of the molecule is O=C(Nc1nnc(C2CCCO2)o1)C(c1ccccc1)c1ccccc1. The maximum Gasteiger partial charge on any atom is 0.322 e. The van der Waals surface area contributed by atoms with Crippen molar-refractivity contribution in [2.24, 2.45) is 0 Å². The van der Waals surface area contributed by atoms with Crippen molar-refractivity contribution in [3.8, 4) is 0 Å². The Morgan fingerprint density at radius 1 is 1.00 bits per heavy atom. The van der Waals surface area contributed by atoms with Gasteiger partial charge in [0.25, 0.3) is 0 Å². The number of aromatic nitrogens is 2. The summed E-state index contributed by atoms with van der Waals surface area (Å²) < 4.78 is 11.1. The van der Waals surface area contributed by atoms with Gasteiger partial charge in [-0.2, -0.15) is 0 Å². The van der Waals surface area contributed by atoms with E-state index >= 15 is 0 Å². The minimum Gasteiger partial charge on any atom is -0.405 e. The number of rotatable bonds is 5. The number of ether oxygens (including phenoxy) is 1. The summed E-state index contributed by atoms with van der Waals surface area (Å²) in [6.45, 7) is 0.693. The lowest BCUT2D eigenvalue weighted by Crippen LogP contribution is -2.22. The number of benzene rings is 2. The minimum absolute atomic E-state index is 0.0948. The van der Waals surface area contributed by atoms with Gasteiger partial charge in [0.2, 0.25) is 11.8 Å². The highest BCUT2D eigenvalue weighted by atomic mass is 16.5. The van der Waals surface area contributed by atoms with E-state index in [0.29, 0.717) is 12.5 Å². The van der Waals surface area contributed by atoms with Gasteiger partial charge in [-0.15, -0.1) is 5.10 Å². The topological polar surface area (TPSA) is 77.2 Å². The molecule has 1 aliphatic rings. The van der Waals surface area contributed by atoms with E-state index < -0.39 is 5.92 Å². The highest BCUT2D eigenvalue weighted by Crippen LogP contribution is 2.29. The van der Waals surface area contributed by atoms with Crippen molar-refractivity contribution in [2.45, 2.75) is 24.9 Å². The summed E-state index contributed by atoms with van der Waals surface area (Å²) in [5.41, 5.74) is 1.80. The van der Waals surface area contributed by atoms with E-state index in [0.717, 1.165) is 24.0 Å². The van der Waals surface area contributed by atoms with Gasteiger partial charge in [-0.3, -0.25) is 10.1 Å². The third-order valence-corrected chi connectivity index (χ3v) is 4.40. The fraction of sp³-hybridized carbons (Fsp3) is 0.250. The van der Waals surface area contributed by atoms with Gasteiger partial charge in [0.05, 0.1) is 5.92 Å². The van der Waals surface area contributed by atoms with Crippen LogP contribution in [0.5, 0.6) is 0 Å². The molecule has 26 heavy (non-hydrogen) atoms. The maximum absolute atomic E-state index is 13.0. The Balaban J connectivity index is 1.57. The van der Waals surface area contributed by atoms with Crippen LogP contribution in [0.2, 0.25) is 0 Å². The maximum atomic E-state index is 13.0. The molecule has 132 valence electrons. The fourth-order valence-electron chi connectivity index (χ4n) is 3.15. The smallest absolute Gasteiger partial charge is 0.322 e. The van der Waals surface area contributed by atoms with Gasteiger partial charge in [-0.05, 0) is 24.0 Å². The molecule has 3 aromatic rings. The first kappa shape index (κ1) is 16.5. The van der Waals surface area contributed by atoms with Crippen molar-refractivity contribution < 1.29 is 13.9 Å². The second-order valence-electron chi connectivity index (χ2n) is 6.19. The lowest BCUT2D eigenvalue weighted by molar-refractivity contribution is -0.116. The molecule has 0 aliphatic carbocycles. The van der Waals surface area contributed by atoms with Crippen molar-refractivity contribution in [3.05, 3.63) is 77.7 Å². The predicted octanol–water partition coefficient (Wildman–Crippen LogP) is 3.69. The molecule has 1 amide bonds. The zero-order valence-electron chi connectivity index (χ0n) is 14.2. The molecule has 2 aromatic carbocycles. The zero-order valence-corrected chi connectivity index (χ0v) is 14.2. The summed E-state index contributed by atoms with van der Waals surface area (Å²) in [7, 11) is 0. The molecular formula is C20H19N3O3. The molecule has 1 aromatic heterocycles. The number of hydrogen-bond acceptors (Lipinski definition) is 5. The monoisotopic (exact) mass is 349 g/mol. The number of amides is 1. The molecule has 0 radical (unpaired) electrons. The van der Waals surface area contributed by atoms with Gasteiger partial charge in [0.1, 0.15) is 6.10 Å². The number of nitrogens with one attached hydrogen (secondary N) is 1. The second-order valence-corrected chi connectivity index (χ2v) is 6.19. The molecule has 1 fully saturated rings. The summed E-state index contributed by atoms with van der Waals surface area (Å²) in [5.74, 6) is -0.269. The lowest BCUT2D eigenvalue weighted by Gasteiger charge is -2.16. The van der Waals surface area contributed by atoms with Crippen LogP contribution in [0.3, 0.4) is 0 Å². The molecule has 1 aliphatic heterocycles. The van der Waals surface area contributed by atoms with Crippen LogP contribution >= 0.6 is 0 Å². The van der Waals surface area contributed by atoms with Crippen molar-refractivity contribution >= 4 is 11.9 Å². The molecule has 1 unspecified atom stereocenters. The first-order chi connectivity index (χ1) is 12.8. The van der Waals surface area contributed by atoms with Gasteiger partial charge in [-0.25, -0.2) is 0 Å². The first-order valence-corrected chi connectivity index (χ1v) is 8.67. The van der Waals surface area contributed by atoms with Crippen LogP contribution in [0, 0.1) is 0 Å². The summed E-state index contributed by atoms with van der Waals surface area (Å²) >= 11 is 0. The van der Waals surface area contributed by atoms with Crippen LogP contribution < -0.4 is 5.32 Å². The Kier molecular flexibility index (Phi) is 4.75. The molecular weight excluding hydrogens is 330 g/mol. The van der Waals surface area contributed by atoms with E-state index in [1.165, 1.54) is 0 Å². The van der Waals surface area contributed by atoms with Gasteiger partial charge in [0, 0.05) is 6.61 Å². The van der Waals surface area contributed by atoms with Crippen LogP contribution in [0.15, 0.2) is 65.1 Å². The molecule has 1 N–H and O–H groups in total. The average molecular weight is 349 g/mol. The molecule has 1 saturated heterocycles. The molecule has 4 rings (SSSR count). The quantitative estimate of drug-likeness (QED) is 0.760. The van der Waals surface area contributed by atoms with Gasteiger partial charge in [0.15, 0.2) is 0 Å². The summed E-state index contributed by atoms with van der Waals surface area (Å²) in [4.78, 5) is 13.0. The number of carbonyl (C=O) groups is 1. The van der Waals surface area contributed by atoms with Crippen molar-refractivity contribution in [2.75, 3.05) is 11.9 Å². The van der Waals surface area contributed by atoms with Crippen LogP contribution in [0.1, 0.15) is 41.9 Å². The number of anilines is 1. The highest BCUT2D eigenvalue weighted by molar-refractivity contribution is 5.96. The van der Waals surface area contributed by atoms with E-state index in [9.17, 15) is 4.79 Å². The minimum atomic E-state index is -0.463. The molecule has 0 saturated carbocycles. The molecule has 0 spiro atoms. The van der Waals surface area contributed by atoms with Crippen LogP contribution in [0.4, 0.5) is 6.01 Å². The largest absolute Gasteiger partial charge is 0.405 e. The molecule has 0 bridgehead atoms. The van der Waals surface area contributed by atoms with Crippen LogP contribution in [0.25, 0.3) is 0 Å². The molecule has 6 nitrogen and oxygen atoms in total. The first-order valence-electron chi connectivity index (χ1n) is 8.67. The van der Waals surface area contributed by atoms with Crippen LogP contribution in [-0.4, -0.2) is 22.7 Å². The third kappa shape index (κ3) is 3.50. The van der Waals surface area contributed by atoms with Gasteiger partial charge >= 0.3 is 6.01 Å². The second kappa shape index (κ2) is 7.49. The Labute approximate surface area is 151 Å². The van der Waals surface area contributed by atoms with Crippen molar-refractivity contribution in [1.29, 1.82) is 0 Å². The van der Waals surface area contributed by atoms with E-state index in [1.54, 1.807) is 0 Å². The van der Waals surface area contributed by atoms with E-state index in [2.05, 4.69) is 15.5 Å².